The molecule has 1 fully saturated rings. The van der Waals surface area contributed by atoms with Gasteiger partial charge in [-0.15, -0.1) is 0 Å². The van der Waals surface area contributed by atoms with Crippen LogP contribution in [0, 0.1) is 0 Å². The van der Waals surface area contributed by atoms with Crippen LogP contribution in [0.15, 0.2) is 53.5 Å². The number of piperazine rings is 1. The molecular formula is C24H28ClF3N4O5. The number of nitrogens with zero attached hydrogens (tertiary/aromatic N) is 3. The number of anilines is 2. The van der Waals surface area contributed by atoms with Crippen LogP contribution >= 0.6 is 11.6 Å². The van der Waals surface area contributed by atoms with Gasteiger partial charge in [0.1, 0.15) is 0 Å². The number of aromatic carboxylic acids is 1. The van der Waals surface area contributed by atoms with Gasteiger partial charge in [-0.05, 0) is 48.9 Å². The Morgan fingerprint density at radius 1 is 1.08 bits per heavy atom. The summed E-state index contributed by atoms with van der Waals surface area (Å²) in [6.45, 7) is 4.60. The Morgan fingerprint density at radius 2 is 1.70 bits per heavy atom. The number of rotatable bonds is 7. The third-order valence-corrected chi connectivity index (χ3v) is 5.40. The number of carboxylic acids is 2. The first kappa shape index (κ1) is 29.7. The Morgan fingerprint density at radius 3 is 2.24 bits per heavy atom. The maximum atomic E-state index is 11.3. The molecule has 0 unspecified atom stereocenters. The lowest BCUT2D eigenvalue weighted by molar-refractivity contribution is -0.192. The van der Waals surface area contributed by atoms with Crippen molar-refractivity contribution in [1.29, 1.82) is 0 Å². The number of guanidine groups is 1. The molecule has 0 amide bonds. The summed E-state index contributed by atoms with van der Waals surface area (Å²) < 4.78 is 36.9. The fourth-order valence-electron chi connectivity index (χ4n) is 3.30. The fourth-order valence-corrected chi connectivity index (χ4v) is 3.43. The Balaban J connectivity index is 0.000000604. The van der Waals surface area contributed by atoms with E-state index in [2.05, 4.69) is 15.1 Å². The molecule has 0 aromatic heterocycles. The van der Waals surface area contributed by atoms with Crippen LogP contribution in [0.2, 0.25) is 5.02 Å². The van der Waals surface area contributed by atoms with Crippen molar-refractivity contribution < 1.29 is 37.7 Å². The van der Waals surface area contributed by atoms with E-state index < -0.39 is 18.1 Å². The van der Waals surface area contributed by atoms with Gasteiger partial charge < -0.3 is 30.1 Å². The second-order valence-corrected chi connectivity index (χ2v) is 8.25. The molecule has 13 heteroatoms. The van der Waals surface area contributed by atoms with E-state index in [1.165, 1.54) is 0 Å². The number of nitrogens with one attached hydrogen (secondary N) is 1. The van der Waals surface area contributed by atoms with Crippen molar-refractivity contribution in [3.63, 3.8) is 0 Å². The molecule has 202 valence electrons. The normalized spacial score (nSPS) is 14.0. The Kier molecular flexibility index (Phi) is 11.5. The van der Waals surface area contributed by atoms with E-state index in [-0.39, 0.29) is 5.56 Å². The minimum Gasteiger partial charge on any atom is -0.478 e. The molecule has 0 saturated carbocycles. The van der Waals surface area contributed by atoms with E-state index in [0.717, 1.165) is 49.3 Å². The van der Waals surface area contributed by atoms with Crippen molar-refractivity contribution in [2.45, 2.75) is 12.6 Å². The molecule has 0 radical (unpaired) electrons. The molecule has 2 aromatic rings. The third-order valence-electron chi connectivity index (χ3n) is 5.15. The van der Waals surface area contributed by atoms with E-state index in [1.54, 1.807) is 25.3 Å². The fraction of sp³-hybridized carbons (Fsp3) is 0.375. The number of methoxy groups -OCH3 is 1. The van der Waals surface area contributed by atoms with Crippen LogP contribution in [0.5, 0.6) is 0 Å². The van der Waals surface area contributed by atoms with Crippen molar-refractivity contribution in [3.8, 4) is 0 Å². The van der Waals surface area contributed by atoms with Crippen LogP contribution in [0.4, 0.5) is 24.5 Å². The second-order valence-electron chi connectivity index (χ2n) is 7.82. The SMILES string of the molecule is COCCCN=C(Nc1cccc(C(=O)O)c1)N1CCN(c2ccc(Cl)cc2)CC1.O=C(O)C(F)(F)F. The number of aliphatic carboxylic acids is 1. The zero-order valence-electron chi connectivity index (χ0n) is 20.0. The average molecular weight is 545 g/mol. The molecule has 1 aliphatic heterocycles. The van der Waals surface area contributed by atoms with E-state index in [9.17, 15) is 23.1 Å². The zero-order chi connectivity index (χ0) is 27.4. The first-order valence-corrected chi connectivity index (χ1v) is 11.6. The lowest BCUT2D eigenvalue weighted by Gasteiger charge is -2.37. The molecule has 3 N–H and O–H groups in total. The van der Waals surface area contributed by atoms with E-state index in [1.807, 2.05) is 30.3 Å². The number of halogens is 4. The first-order valence-electron chi connectivity index (χ1n) is 11.2. The van der Waals surface area contributed by atoms with Gasteiger partial charge >= 0.3 is 18.1 Å². The van der Waals surface area contributed by atoms with Crippen LogP contribution < -0.4 is 10.2 Å². The summed E-state index contributed by atoms with van der Waals surface area (Å²) in [7, 11) is 1.68. The minimum absolute atomic E-state index is 0.242. The Bertz CT molecular complexity index is 1060. The van der Waals surface area contributed by atoms with E-state index in [0.29, 0.717) is 18.8 Å². The van der Waals surface area contributed by atoms with Crippen LogP contribution in [0.25, 0.3) is 0 Å². The summed E-state index contributed by atoms with van der Waals surface area (Å²) in [5.74, 6) is -2.95. The number of benzene rings is 2. The molecule has 0 aliphatic carbocycles. The molecular weight excluding hydrogens is 517 g/mol. The van der Waals surface area contributed by atoms with Crippen LogP contribution in [-0.4, -0.2) is 85.6 Å². The molecule has 2 aromatic carbocycles. The lowest BCUT2D eigenvalue weighted by atomic mass is 10.2. The number of hydrogen-bond acceptors (Lipinski definition) is 5. The maximum Gasteiger partial charge on any atom is 0.490 e. The summed E-state index contributed by atoms with van der Waals surface area (Å²) >= 11 is 6.00. The smallest absolute Gasteiger partial charge is 0.478 e. The number of aliphatic imine (C=N–C) groups is 1. The van der Waals surface area contributed by atoms with Crippen molar-refractivity contribution in [1.82, 2.24) is 4.90 Å². The molecule has 3 rings (SSSR count). The largest absolute Gasteiger partial charge is 0.490 e. The third kappa shape index (κ3) is 10.2. The van der Waals surface area contributed by atoms with Gasteiger partial charge in [-0.25, -0.2) is 9.59 Å². The molecule has 1 saturated heterocycles. The quantitative estimate of drug-likeness (QED) is 0.268. The highest BCUT2D eigenvalue weighted by Crippen LogP contribution is 2.20. The van der Waals surface area contributed by atoms with Gasteiger partial charge in [-0.3, -0.25) is 4.99 Å². The first-order chi connectivity index (χ1) is 17.5. The van der Waals surface area contributed by atoms with E-state index in [4.69, 9.17) is 31.2 Å². The standard InChI is InChI=1S/C22H27ClN4O3.C2HF3O2/c1-30-15-3-10-24-22(25-19-5-2-4-17(16-19)21(28)29)27-13-11-26(12-14-27)20-8-6-18(23)7-9-20;3-2(4,5)1(6)7/h2,4-9,16H,3,10-15H2,1H3,(H,24,25)(H,28,29);(H,6,7). The summed E-state index contributed by atoms with van der Waals surface area (Å²) in [6, 6.07) is 14.7. The monoisotopic (exact) mass is 544 g/mol. The molecule has 9 nitrogen and oxygen atoms in total. The highest BCUT2D eigenvalue weighted by molar-refractivity contribution is 6.30. The summed E-state index contributed by atoms with van der Waals surface area (Å²) in [4.78, 5) is 29.4. The minimum atomic E-state index is -5.08. The molecule has 37 heavy (non-hydrogen) atoms. The predicted molar refractivity (Wildman–Crippen MR) is 135 cm³/mol. The maximum absolute atomic E-state index is 11.3. The van der Waals surface area contributed by atoms with Gasteiger partial charge in [0.15, 0.2) is 5.96 Å². The summed E-state index contributed by atoms with van der Waals surface area (Å²) in [6.07, 6.45) is -4.26. The van der Waals surface area contributed by atoms with Gasteiger partial charge in [0, 0.05) is 62.8 Å². The predicted octanol–water partition coefficient (Wildman–Crippen LogP) is 4.30. The summed E-state index contributed by atoms with van der Waals surface area (Å²) in [5, 5.41) is 20.4. The van der Waals surface area contributed by atoms with Crippen molar-refractivity contribution >= 4 is 40.9 Å². The highest BCUT2D eigenvalue weighted by Gasteiger charge is 2.38. The topological polar surface area (TPSA) is 115 Å². The molecule has 0 bridgehead atoms. The van der Waals surface area contributed by atoms with Crippen molar-refractivity contribution in [2.75, 3.05) is 56.7 Å². The zero-order valence-corrected chi connectivity index (χ0v) is 20.8. The number of carbonyl (C=O) groups is 2. The number of carboxylic acid groups (broad SMARTS) is 2. The number of hydrogen-bond donors (Lipinski definition) is 3. The molecule has 1 heterocycles. The number of alkyl halides is 3. The molecule has 0 atom stereocenters. The Hall–Kier alpha value is -3.51. The van der Waals surface area contributed by atoms with Gasteiger partial charge in [-0.1, -0.05) is 17.7 Å². The number of ether oxygens (including phenoxy) is 1. The molecule has 0 spiro atoms. The van der Waals surface area contributed by atoms with Gasteiger partial charge in [0.25, 0.3) is 0 Å². The van der Waals surface area contributed by atoms with Gasteiger partial charge in [0.05, 0.1) is 5.56 Å². The Labute approximate surface area is 217 Å². The molecule has 1 aliphatic rings. The summed E-state index contributed by atoms with van der Waals surface area (Å²) in [5.41, 5.74) is 2.10. The van der Waals surface area contributed by atoms with E-state index >= 15 is 0 Å². The van der Waals surface area contributed by atoms with Gasteiger partial charge in [-0.2, -0.15) is 13.2 Å². The van der Waals surface area contributed by atoms with Gasteiger partial charge in [0.2, 0.25) is 0 Å². The second kappa shape index (κ2) is 14.3. The highest BCUT2D eigenvalue weighted by atomic mass is 35.5. The lowest BCUT2D eigenvalue weighted by Crippen LogP contribution is -2.50. The van der Waals surface area contributed by atoms with Crippen molar-refractivity contribution in [3.05, 3.63) is 59.1 Å². The van der Waals surface area contributed by atoms with Crippen LogP contribution in [0.3, 0.4) is 0 Å². The van der Waals surface area contributed by atoms with Crippen molar-refractivity contribution in [2.24, 2.45) is 4.99 Å². The van der Waals surface area contributed by atoms with Crippen LogP contribution in [-0.2, 0) is 9.53 Å². The van der Waals surface area contributed by atoms with Crippen LogP contribution in [0.1, 0.15) is 16.8 Å². The average Bonchev–Trinajstić information content (AvgIpc) is 2.86.